The van der Waals surface area contributed by atoms with Crippen molar-refractivity contribution in [3.05, 3.63) is 54.1 Å². The van der Waals surface area contributed by atoms with Crippen LogP contribution in [0, 0.1) is 5.92 Å². The summed E-state index contributed by atoms with van der Waals surface area (Å²) >= 11 is 0. The van der Waals surface area contributed by atoms with Gasteiger partial charge in [-0.3, -0.25) is 4.79 Å². The minimum absolute atomic E-state index is 0.00454. The van der Waals surface area contributed by atoms with E-state index >= 15 is 0 Å². The Morgan fingerprint density at radius 1 is 1.17 bits per heavy atom. The minimum atomic E-state index is -0.00454. The summed E-state index contributed by atoms with van der Waals surface area (Å²) in [6, 6.07) is 15.8. The Labute approximate surface area is 141 Å². The second-order valence-electron chi connectivity index (χ2n) is 6.49. The van der Waals surface area contributed by atoms with E-state index in [2.05, 4.69) is 5.32 Å². The SMILES string of the molecule is COc1cccc(-c2cccc(C(=O)N[C@H]3C[C@@H]4OCC[C@H]34)c2)c1. The average Bonchev–Trinajstić information content (AvgIpc) is 3.00. The fourth-order valence-corrected chi connectivity index (χ4v) is 3.66. The molecule has 2 aromatic carbocycles. The first-order valence-electron chi connectivity index (χ1n) is 8.41. The molecular weight excluding hydrogens is 302 g/mol. The zero-order valence-electron chi connectivity index (χ0n) is 13.7. The molecule has 1 amide bonds. The van der Waals surface area contributed by atoms with E-state index in [1.807, 2.05) is 48.5 Å². The van der Waals surface area contributed by atoms with Crippen LogP contribution in [0.2, 0.25) is 0 Å². The summed E-state index contributed by atoms with van der Waals surface area (Å²) in [7, 11) is 1.65. The van der Waals surface area contributed by atoms with Gasteiger partial charge in [0.15, 0.2) is 0 Å². The van der Waals surface area contributed by atoms with Crippen LogP contribution in [-0.2, 0) is 4.74 Å². The molecule has 1 N–H and O–H groups in total. The van der Waals surface area contributed by atoms with Crippen LogP contribution in [0.15, 0.2) is 48.5 Å². The van der Waals surface area contributed by atoms with Crippen LogP contribution < -0.4 is 10.1 Å². The average molecular weight is 323 g/mol. The monoisotopic (exact) mass is 323 g/mol. The second kappa shape index (κ2) is 6.29. The standard InChI is InChI=1S/C20H21NO3/c1-23-16-7-3-5-14(11-16)13-4-2-6-15(10-13)20(22)21-18-12-19-17(18)8-9-24-19/h2-7,10-11,17-19H,8-9,12H2,1H3,(H,21,22)/t17-,18+,19+/m1/s1. The normalized spacial score (nSPS) is 24.8. The van der Waals surface area contributed by atoms with Crippen molar-refractivity contribution in [2.45, 2.75) is 25.0 Å². The number of hydrogen-bond acceptors (Lipinski definition) is 3. The summed E-state index contributed by atoms with van der Waals surface area (Å²) in [5, 5.41) is 3.16. The predicted octanol–water partition coefficient (Wildman–Crippen LogP) is 3.27. The van der Waals surface area contributed by atoms with Gasteiger partial charge in [0.25, 0.3) is 5.91 Å². The second-order valence-corrected chi connectivity index (χ2v) is 6.49. The molecule has 0 radical (unpaired) electrons. The van der Waals surface area contributed by atoms with E-state index in [1.165, 1.54) is 0 Å². The molecule has 4 rings (SSSR count). The van der Waals surface area contributed by atoms with Crippen molar-refractivity contribution in [1.29, 1.82) is 0 Å². The number of fused-ring (bicyclic) bond motifs is 1. The van der Waals surface area contributed by atoms with Gasteiger partial charge in [-0.05, 0) is 48.2 Å². The summed E-state index contributed by atoms with van der Waals surface area (Å²) in [4.78, 5) is 12.6. The number of ether oxygens (including phenoxy) is 2. The highest BCUT2D eigenvalue weighted by Gasteiger charge is 2.45. The van der Waals surface area contributed by atoms with Gasteiger partial charge in [-0.2, -0.15) is 0 Å². The highest BCUT2D eigenvalue weighted by Crippen LogP contribution is 2.38. The van der Waals surface area contributed by atoms with E-state index in [-0.39, 0.29) is 11.9 Å². The van der Waals surface area contributed by atoms with Gasteiger partial charge in [0.2, 0.25) is 0 Å². The summed E-state index contributed by atoms with van der Waals surface area (Å²) < 4.78 is 10.9. The molecule has 0 unspecified atom stereocenters. The fourth-order valence-electron chi connectivity index (χ4n) is 3.66. The lowest BCUT2D eigenvalue weighted by Crippen LogP contribution is -2.53. The van der Waals surface area contributed by atoms with Crippen molar-refractivity contribution in [2.75, 3.05) is 13.7 Å². The van der Waals surface area contributed by atoms with E-state index in [0.29, 0.717) is 17.6 Å². The summed E-state index contributed by atoms with van der Waals surface area (Å²) in [5.74, 6) is 1.30. The summed E-state index contributed by atoms with van der Waals surface area (Å²) in [6.45, 7) is 0.826. The first-order valence-corrected chi connectivity index (χ1v) is 8.41. The van der Waals surface area contributed by atoms with Crippen molar-refractivity contribution < 1.29 is 14.3 Å². The third-order valence-corrected chi connectivity index (χ3v) is 5.11. The minimum Gasteiger partial charge on any atom is -0.497 e. The Balaban J connectivity index is 1.50. The molecule has 2 fully saturated rings. The van der Waals surface area contributed by atoms with Crippen molar-refractivity contribution >= 4 is 5.91 Å². The van der Waals surface area contributed by atoms with E-state index in [9.17, 15) is 4.79 Å². The maximum absolute atomic E-state index is 12.6. The molecule has 3 atom stereocenters. The van der Waals surface area contributed by atoms with Crippen LogP contribution in [0.5, 0.6) is 5.75 Å². The molecule has 0 aromatic heterocycles. The van der Waals surface area contributed by atoms with Gasteiger partial charge < -0.3 is 14.8 Å². The third kappa shape index (κ3) is 2.78. The first kappa shape index (κ1) is 15.2. The number of nitrogens with one attached hydrogen (secondary N) is 1. The van der Waals surface area contributed by atoms with Gasteiger partial charge in [-0.25, -0.2) is 0 Å². The fraction of sp³-hybridized carbons (Fsp3) is 0.350. The number of methoxy groups -OCH3 is 1. The molecule has 0 bridgehead atoms. The van der Waals surface area contributed by atoms with Crippen molar-refractivity contribution in [3.8, 4) is 16.9 Å². The Hall–Kier alpha value is -2.33. The topological polar surface area (TPSA) is 47.6 Å². The Morgan fingerprint density at radius 2 is 1.96 bits per heavy atom. The van der Waals surface area contributed by atoms with Crippen LogP contribution in [0.25, 0.3) is 11.1 Å². The van der Waals surface area contributed by atoms with Gasteiger partial charge in [-0.15, -0.1) is 0 Å². The van der Waals surface area contributed by atoms with Gasteiger partial charge >= 0.3 is 0 Å². The number of rotatable bonds is 4. The lowest BCUT2D eigenvalue weighted by Gasteiger charge is -2.39. The van der Waals surface area contributed by atoms with Crippen LogP contribution in [0.3, 0.4) is 0 Å². The van der Waals surface area contributed by atoms with Gasteiger partial charge in [0, 0.05) is 24.1 Å². The predicted molar refractivity (Wildman–Crippen MR) is 92.1 cm³/mol. The Bertz CT molecular complexity index is 758. The van der Waals surface area contributed by atoms with Gasteiger partial charge in [-0.1, -0.05) is 24.3 Å². The van der Waals surface area contributed by atoms with Crippen LogP contribution in [0.4, 0.5) is 0 Å². The quantitative estimate of drug-likeness (QED) is 0.939. The molecule has 24 heavy (non-hydrogen) atoms. The van der Waals surface area contributed by atoms with Crippen LogP contribution in [0.1, 0.15) is 23.2 Å². The van der Waals surface area contributed by atoms with E-state index in [1.54, 1.807) is 7.11 Å². The number of amides is 1. The first-order chi connectivity index (χ1) is 11.7. The molecule has 0 spiro atoms. The van der Waals surface area contributed by atoms with Crippen molar-refractivity contribution in [2.24, 2.45) is 5.92 Å². The van der Waals surface area contributed by atoms with Crippen LogP contribution >= 0.6 is 0 Å². The van der Waals surface area contributed by atoms with E-state index in [4.69, 9.17) is 9.47 Å². The van der Waals surface area contributed by atoms with E-state index < -0.39 is 0 Å². The largest absolute Gasteiger partial charge is 0.497 e. The van der Waals surface area contributed by atoms with Crippen LogP contribution in [-0.4, -0.2) is 31.8 Å². The smallest absolute Gasteiger partial charge is 0.251 e. The van der Waals surface area contributed by atoms with E-state index in [0.717, 1.165) is 36.3 Å². The maximum Gasteiger partial charge on any atom is 0.251 e. The molecule has 2 aliphatic rings. The molecule has 4 nitrogen and oxygen atoms in total. The summed E-state index contributed by atoms with van der Waals surface area (Å²) in [5.41, 5.74) is 2.74. The molecule has 1 aliphatic carbocycles. The molecular formula is C20H21NO3. The molecule has 124 valence electrons. The Morgan fingerprint density at radius 3 is 2.75 bits per heavy atom. The number of carbonyl (C=O) groups is 1. The zero-order valence-corrected chi connectivity index (χ0v) is 13.7. The number of hydrogen-bond donors (Lipinski definition) is 1. The molecule has 4 heteroatoms. The van der Waals surface area contributed by atoms with Gasteiger partial charge in [0.1, 0.15) is 5.75 Å². The lowest BCUT2D eigenvalue weighted by molar-refractivity contribution is 0.00810. The molecule has 1 saturated heterocycles. The zero-order chi connectivity index (χ0) is 16.5. The number of benzene rings is 2. The van der Waals surface area contributed by atoms with Crippen molar-refractivity contribution in [3.63, 3.8) is 0 Å². The van der Waals surface area contributed by atoms with Crippen molar-refractivity contribution in [1.82, 2.24) is 5.32 Å². The third-order valence-electron chi connectivity index (χ3n) is 5.11. The number of carbonyl (C=O) groups excluding carboxylic acids is 1. The lowest BCUT2D eigenvalue weighted by atomic mass is 9.76. The molecule has 2 aromatic rings. The molecule has 1 saturated carbocycles. The highest BCUT2D eigenvalue weighted by molar-refractivity contribution is 5.95. The maximum atomic E-state index is 12.6. The summed E-state index contributed by atoms with van der Waals surface area (Å²) in [6.07, 6.45) is 2.35. The highest BCUT2D eigenvalue weighted by atomic mass is 16.5. The van der Waals surface area contributed by atoms with Gasteiger partial charge in [0.05, 0.1) is 13.2 Å². The molecule has 1 heterocycles. The Kier molecular flexibility index (Phi) is 3.98. The molecule has 1 aliphatic heterocycles.